The van der Waals surface area contributed by atoms with Crippen LogP contribution < -0.4 is 5.32 Å². The summed E-state index contributed by atoms with van der Waals surface area (Å²) in [5.74, 6) is 0. The van der Waals surface area contributed by atoms with Crippen molar-refractivity contribution in [1.82, 2.24) is 5.32 Å². The lowest BCUT2D eigenvalue weighted by molar-refractivity contribution is 1.19. The van der Waals surface area contributed by atoms with E-state index in [0.29, 0.717) is 5.17 Å². The van der Waals surface area contributed by atoms with Crippen molar-refractivity contribution in [1.29, 1.82) is 5.26 Å². The summed E-state index contributed by atoms with van der Waals surface area (Å²) in [5.41, 5.74) is 3.33. The molecule has 0 unspecified atom stereocenters. The van der Waals surface area contributed by atoms with Gasteiger partial charge in [0.05, 0.1) is 5.69 Å². The first-order chi connectivity index (χ1) is 9.81. The molecule has 0 saturated heterocycles. The maximum absolute atomic E-state index is 8.64. The Labute approximate surface area is 123 Å². The van der Waals surface area contributed by atoms with Gasteiger partial charge in [0, 0.05) is 0 Å². The Morgan fingerprint density at radius 3 is 2.60 bits per heavy atom. The monoisotopic (exact) mass is 281 g/mol. The summed E-state index contributed by atoms with van der Waals surface area (Å²) in [7, 11) is 0. The predicted molar refractivity (Wildman–Crippen MR) is 85.0 cm³/mol. The van der Waals surface area contributed by atoms with Gasteiger partial charge in [-0.1, -0.05) is 54.2 Å². The second-order valence-corrected chi connectivity index (χ2v) is 4.99. The van der Waals surface area contributed by atoms with E-state index in [1.807, 2.05) is 48.8 Å². The van der Waals surface area contributed by atoms with E-state index in [9.17, 15) is 0 Å². The molecule has 0 spiro atoms. The molecule has 0 radical (unpaired) electrons. The number of benzene rings is 2. The fourth-order valence-electron chi connectivity index (χ4n) is 1.86. The Morgan fingerprint density at radius 1 is 1.15 bits per heavy atom. The van der Waals surface area contributed by atoms with Crippen LogP contribution in [0.25, 0.3) is 0 Å². The third kappa shape index (κ3) is 4.15. The zero-order valence-corrected chi connectivity index (χ0v) is 12.0. The molecule has 0 saturated carbocycles. The van der Waals surface area contributed by atoms with Gasteiger partial charge in [0.25, 0.3) is 0 Å². The van der Waals surface area contributed by atoms with Crippen LogP contribution >= 0.6 is 11.8 Å². The third-order valence-corrected chi connectivity index (χ3v) is 3.33. The molecule has 0 heterocycles. The highest BCUT2D eigenvalue weighted by Gasteiger charge is 1.99. The van der Waals surface area contributed by atoms with Gasteiger partial charge < -0.3 is 0 Å². The van der Waals surface area contributed by atoms with E-state index in [1.165, 1.54) is 22.9 Å². The predicted octanol–water partition coefficient (Wildman–Crippen LogP) is 3.70. The molecule has 3 nitrogen and oxygen atoms in total. The summed E-state index contributed by atoms with van der Waals surface area (Å²) < 4.78 is 0. The number of nitriles is 1. The summed E-state index contributed by atoms with van der Waals surface area (Å²) in [4.78, 5) is 4.42. The second-order valence-electron chi connectivity index (χ2n) is 4.19. The molecular weight excluding hydrogens is 266 g/mol. The van der Waals surface area contributed by atoms with Crippen LogP contribution in [-0.2, 0) is 6.42 Å². The van der Waals surface area contributed by atoms with Crippen molar-refractivity contribution in [3.63, 3.8) is 0 Å². The molecule has 4 heteroatoms. The van der Waals surface area contributed by atoms with Crippen molar-refractivity contribution in [2.45, 2.75) is 6.42 Å². The molecule has 1 N–H and O–H groups in total. The number of rotatable bonds is 3. The van der Waals surface area contributed by atoms with Crippen molar-refractivity contribution >= 4 is 22.6 Å². The Kier molecular flexibility index (Phi) is 5.22. The zero-order chi connectivity index (χ0) is 14.2. The van der Waals surface area contributed by atoms with Crippen LogP contribution in [0.2, 0.25) is 0 Å². The van der Waals surface area contributed by atoms with E-state index >= 15 is 0 Å². The summed E-state index contributed by atoms with van der Waals surface area (Å²) in [5, 5.41) is 11.8. The van der Waals surface area contributed by atoms with E-state index in [-0.39, 0.29) is 0 Å². The first kappa shape index (κ1) is 14.2. The molecule has 2 rings (SSSR count). The normalized spacial score (nSPS) is 10.9. The van der Waals surface area contributed by atoms with E-state index in [0.717, 1.165) is 12.1 Å². The largest absolute Gasteiger partial charge is 0.271 e. The Hall–Kier alpha value is -2.25. The number of amidine groups is 1. The minimum Gasteiger partial charge on any atom is -0.271 e. The highest BCUT2D eigenvalue weighted by atomic mass is 32.2. The summed E-state index contributed by atoms with van der Waals surface area (Å²) in [6.45, 7) is 0. The van der Waals surface area contributed by atoms with Gasteiger partial charge in [-0.25, -0.2) is 4.99 Å². The Morgan fingerprint density at radius 2 is 1.90 bits per heavy atom. The van der Waals surface area contributed by atoms with E-state index < -0.39 is 0 Å². The molecule has 2 aromatic rings. The fraction of sp³-hybridized carbons (Fsp3) is 0.125. The lowest BCUT2D eigenvalue weighted by Crippen LogP contribution is -2.12. The van der Waals surface area contributed by atoms with Crippen molar-refractivity contribution in [3.8, 4) is 6.19 Å². The van der Waals surface area contributed by atoms with Gasteiger partial charge in [-0.2, -0.15) is 5.26 Å². The Bertz CT molecular complexity index is 630. The number of thioether (sulfide) groups is 1. The van der Waals surface area contributed by atoms with Crippen LogP contribution in [0.5, 0.6) is 0 Å². The van der Waals surface area contributed by atoms with Gasteiger partial charge >= 0.3 is 0 Å². The average Bonchev–Trinajstić information content (AvgIpc) is 2.48. The molecule has 0 aliphatic rings. The first-order valence-corrected chi connectivity index (χ1v) is 7.45. The quantitative estimate of drug-likeness (QED) is 0.404. The van der Waals surface area contributed by atoms with Crippen LogP contribution in [0.4, 0.5) is 5.69 Å². The van der Waals surface area contributed by atoms with Crippen LogP contribution in [0, 0.1) is 11.5 Å². The molecule has 0 aliphatic heterocycles. The summed E-state index contributed by atoms with van der Waals surface area (Å²) in [6.07, 6.45) is 4.66. The van der Waals surface area contributed by atoms with Crippen LogP contribution in [0.15, 0.2) is 59.6 Å². The smallest absolute Gasteiger partial charge is 0.183 e. The molecule has 0 amide bonds. The minimum atomic E-state index is 0.601. The van der Waals surface area contributed by atoms with Crippen LogP contribution in [0.1, 0.15) is 11.1 Å². The lowest BCUT2D eigenvalue weighted by Gasteiger charge is -2.04. The van der Waals surface area contributed by atoms with Gasteiger partial charge in [-0.15, -0.1) is 0 Å². The number of aliphatic imine (C=N–C) groups is 1. The molecule has 0 bridgehead atoms. The maximum atomic E-state index is 8.64. The molecule has 0 aromatic heterocycles. The topological polar surface area (TPSA) is 48.2 Å². The standard InChI is InChI=1S/C16H15N3S/c1-20-16(18-12-17)19-15-9-5-8-14(11-15)10-13-6-3-2-4-7-13/h2-9,11H,10H2,1H3,(H,18,19). The highest BCUT2D eigenvalue weighted by molar-refractivity contribution is 8.13. The van der Waals surface area contributed by atoms with Crippen LogP contribution in [-0.4, -0.2) is 11.4 Å². The molecule has 0 fully saturated rings. The third-order valence-electron chi connectivity index (χ3n) is 2.75. The van der Waals surface area contributed by atoms with Crippen LogP contribution in [0.3, 0.4) is 0 Å². The first-order valence-electron chi connectivity index (χ1n) is 6.22. The number of nitrogens with one attached hydrogen (secondary N) is 1. The summed E-state index contributed by atoms with van der Waals surface area (Å²) in [6, 6.07) is 18.4. The van der Waals surface area contributed by atoms with Gasteiger partial charge in [-0.3, -0.25) is 5.32 Å². The van der Waals surface area contributed by atoms with Gasteiger partial charge in [0.15, 0.2) is 11.4 Å². The van der Waals surface area contributed by atoms with E-state index in [2.05, 4.69) is 28.5 Å². The van der Waals surface area contributed by atoms with Crippen molar-refractivity contribution in [2.75, 3.05) is 6.26 Å². The molecule has 2 aromatic carbocycles. The zero-order valence-electron chi connectivity index (χ0n) is 11.2. The van der Waals surface area contributed by atoms with Crippen molar-refractivity contribution in [2.24, 2.45) is 4.99 Å². The summed E-state index contributed by atoms with van der Waals surface area (Å²) >= 11 is 1.42. The van der Waals surface area contributed by atoms with E-state index in [4.69, 9.17) is 5.26 Å². The highest BCUT2D eigenvalue weighted by Crippen LogP contribution is 2.18. The maximum Gasteiger partial charge on any atom is 0.183 e. The Balaban J connectivity index is 2.18. The molecule has 0 aliphatic carbocycles. The minimum absolute atomic E-state index is 0.601. The SMILES string of the molecule is CSC(=Nc1cccc(Cc2ccccc2)c1)NC#N. The van der Waals surface area contributed by atoms with Gasteiger partial charge in [0.1, 0.15) is 0 Å². The van der Waals surface area contributed by atoms with Gasteiger partial charge in [-0.05, 0) is 35.9 Å². The number of nitrogens with zero attached hydrogens (tertiary/aromatic N) is 2. The van der Waals surface area contributed by atoms with Crippen molar-refractivity contribution < 1.29 is 0 Å². The fourth-order valence-corrected chi connectivity index (χ4v) is 2.20. The average molecular weight is 281 g/mol. The number of hydrogen-bond donors (Lipinski definition) is 1. The van der Waals surface area contributed by atoms with Crippen molar-refractivity contribution in [3.05, 3.63) is 65.7 Å². The molecular formula is C16H15N3S. The molecule has 0 atom stereocenters. The lowest BCUT2D eigenvalue weighted by atomic mass is 10.0. The molecule has 20 heavy (non-hydrogen) atoms. The number of hydrogen-bond acceptors (Lipinski definition) is 3. The van der Waals surface area contributed by atoms with E-state index in [1.54, 1.807) is 0 Å². The van der Waals surface area contributed by atoms with Gasteiger partial charge in [0.2, 0.25) is 0 Å². The molecule has 100 valence electrons. The second kappa shape index (κ2) is 7.37.